The zero-order valence-electron chi connectivity index (χ0n) is 17.1. The third-order valence-corrected chi connectivity index (χ3v) is 4.87. The van der Waals surface area contributed by atoms with Crippen LogP contribution >= 0.6 is 12.2 Å². The Hall–Kier alpha value is -4.19. The zero-order chi connectivity index (χ0) is 24.6. The van der Waals surface area contributed by atoms with E-state index in [0.717, 1.165) is 7.11 Å². The van der Waals surface area contributed by atoms with E-state index in [-0.39, 0.29) is 22.9 Å². The van der Waals surface area contributed by atoms with Gasteiger partial charge in [-0.1, -0.05) is 12.1 Å². The van der Waals surface area contributed by atoms with Crippen LogP contribution in [0.1, 0.15) is 10.4 Å². The van der Waals surface area contributed by atoms with Gasteiger partial charge < -0.3 is 19.6 Å². The average Bonchev–Trinajstić information content (AvgIpc) is 3.22. The highest BCUT2D eigenvalue weighted by Crippen LogP contribution is 2.33. The molecule has 0 aliphatic heterocycles. The minimum Gasteiger partial charge on any atom is -0.507 e. The van der Waals surface area contributed by atoms with Crippen LogP contribution in [-0.2, 0) is 0 Å². The Bertz CT molecular complexity index is 1400. The first kappa shape index (κ1) is 23.0. The molecule has 0 saturated heterocycles. The molecule has 0 fully saturated rings. The number of rotatable bonds is 4. The summed E-state index contributed by atoms with van der Waals surface area (Å²) in [5, 5.41) is 14.3. The summed E-state index contributed by atoms with van der Waals surface area (Å²) in [5.74, 6) is -10.6. The Morgan fingerprint density at radius 2 is 1.74 bits per heavy atom. The van der Waals surface area contributed by atoms with Gasteiger partial charge in [0.05, 0.1) is 12.7 Å². The number of oxazole rings is 1. The SMILES string of the molecule is COc1c(F)c(F)c(C(=O)NC(=S)Nc2ccc(-c3nc4ccccc4o3)c(O)c2)c(F)c1F. The number of carbonyl (C=O) groups excluding carboxylic acids is 1. The minimum atomic E-state index is -1.95. The third-order valence-electron chi connectivity index (χ3n) is 4.66. The first-order valence-electron chi connectivity index (χ1n) is 9.42. The standard InChI is InChI=1S/C22H13F4N3O4S/c1-32-19-17(25)15(23)14(16(24)18(19)26)20(31)29-22(34)27-9-6-7-10(12(30)8-9)21-28-11-4-2-3-5-13(11)33-21/h2-8,30H,1H3,(H2,27,29,31,34). The molecule has 0 atom stereocenters. The molecule has 0 saturated carbocycles. The van der Waals surface area contributed by atoms with Crippen molar-refractivity contribution >= 4 is 40.0 Å². The van der Waals surface area contributed by atoms with Crippen LogP contribution in [0.25, 0.3) is 22.6 Å². The number of nitrogens with one attached hydrogen (secondary N) is 2. The van der Waals surface area contributed by atoms with Gasteiger partial charge in [-0.25, -0.2) is 13.8 Å². The maximum absolute atomic E-state index is 14.1. The molecule has 1 heterocycles. The number of hydrogen-bond acceptors (Lipinski definition) is 6. The zero-order valence-corrected chi connectivity index (χ0v) is 17.9. The van der Waals surface area contributed by atoms with E-state index in [1.54, 1.807) is 24.3 Å². The Kier molecular flexibility index (Phi) is 6.07. The smallest absolute Gasteiger partial charge is 0.263 e. The van der Waals surface area contributed by atoms with Crippen molar-refractivity contribution in [2.45, 2.75) is 0 Å². The molecule has 4 aromatic rings. The van der Waals surface area contributed by atoms with Crippen molar-refractivity contribution in [1.82, 2.24) is 10.3 Å². The number of amides is 1. The molecule has 1 aromatic heterocycles. The van der Waals surface area contributed by atoms with Crippen LogP contribution in [0.2, 0.25) is 0 Å². The van der Waals surface area contributed by atoms with E-state index in [9.17, 15) is 27.5 Å². The van der Waals surface area contributed by atoms with Gasteiger partial charge in [0.1, 0.15) is 16.8 Å². The highest BCUT2D eigenvalue weighted by atomic mass is 32.1. The predicted octanol–water partition coefficient (Wildman–Crippen LogP) is 4.89. The van der Waals surface area contributed by atoms with E-state index in [0.29, 0.717) is 11.1 Å². The van der Waals surface area contributed by atoms with Gasteiger partial charge in [0.15, 0.2) is 28.1 Å². The summed E-state index contributed by atoms with van der Waals surface area (Å²) in [6.07, 6.45) is 0. The van der Waals surface area contributed by atoms with Gasteiger partial charge >= 0.3 is 0 Å². The quantitative estimate of drug-likeness (QED) is 0.212. The van der Waals surface area contributed by atoms with E-state index in [1.807, 2.05) is 5.32 Å². The number of para-hydroxylation sites is 2. The molecule has 34 heavy (non-hydrogen) atoms. The molecule has 0 unspecified atom stereocenters. The summed E-state index contributed by atoms with van der Waals surface area (Å²) < 4.78 is 65.8. The number of benzene rings is 3. The second kappa shape index (κ2) is 8.98. The van der Waals surface area contributed by atoms with Crippen molar-refractivity contribution < 1.29 is 36.6 Å². The fraction of sp³-hybridized carbons (Fsp3) is 0.0455. The minimum absolute atomic E-state index is 0.163. The topological polar surface area (TPSA) is 96.6 Å². The molecule has 4 rings (SSSR count). The molecule has 1 amide bonds. The van der Waals surface area contributed by atoms with Crippen molar-refractivity contribution in [1.29, 1.82) is 0 Å². The molecule has 7 nitrogen and oxygen atoms in total. The summed E-state index contributed by atoms with van der Waals surface area (Å²) in [5.41, 5.74) is 0.0394. The number of methoxy groups -OCH3 is 1. The molecule has 0 bridgehead atoms. The van der Waals surface area contributed by atoms with Gasteiger partial charge in [0, 0.05) is 11.8 Å². The lowest BCUT2D eigenvalue weighted by atomic mass is 10.1. The molecular formula is C22H13F4N3O4S. The molecule has 0 spiro atoms. The Morgan fingerprint density at radius 1 is 1.06 bits per heavy atom. The maximum Gasteiger partial charge on any atom is 0.263 e. The molecule has 3 N–H and O–H groups in total. The fourth-order valence-electron chi connectivity index (χ4n) is 3.10. The largest absolute Gasteiger partial charge is 0.507 e. The summed E-state index contributed by atoms with van der Waals surface area (Å²) in [6.45, 7) is 0. The maximum atomic E-state index is 14.1. The third kappa shape index (κ3) is 4.10. The van der Waals surface area contributed by atoms with Crippen molar-refractivity contribution in [2.24, 2.45) is 0 Å². The first-order valence-corrected chi connectivity index (χ1v) is 9.83. The lowest BCUT2D eigenvalue weighted by Crippen LogP contribution is -2.35. The second-order valence-electron chi connectivity index (χ2n) is 6.79. The van der Waals surface area contributed by atoms with Gasteiger partial charge in [0.2, 0.25) is 17.5 Å². The lowest BCUT2D eigenvalue weighted by Gasteiger charge is -2.13. The molecule has 174 valence electrons. The Labute approximate surface area is 194 Å². The van der Waals surface area contributed by atoms with Crippen molar-refractivity contribution in [2.75, 3.05) is 12.4 Å². The van der Waals surface area contributed by atoms with E-state index in [1.165, 1.54) is 18.2 Å². The number of nitrogens with zero attached hydrogens (tertiary/aromatic N) is 1. The number of aromatic hydroxyl groups is 1. The number of carbonyl (C=O) groups is 1. The Morgan fingerprint density at radius 3 is 2.35 bits per heavy atom. The molecular weight excluding hydrogens is 478 g/mol. The van der Waals surface area contributed by atoms with Crippen LogP contribution in [0.3, 0.4) is 0 Å². The summed E-state index contributed by atoms with van der Waals surface area (Å²) in [7, 11) is 0.810. The first-order chi connectivity index (χ1) is 16.2. The highest BCUT2D eigenvalue weighted by molar-refractivity contribution is 7.80. The van der Waals surface area contributed by atoms with E-state index in [4.69, 9.17) is 16.6 Å². The van der Waals surface area contributed by atoms with Gasteiger partial charge in [0.25, 0.3) is 5.91 Å². The number of thiocarbonyl (C=S) groups is 1. The molecule has 3 aromatic carbocycles. The van der Waals surface area contributed by atoms with Gasteiger partial charge in [-0.15, -0.1) is 0 Å². The van der Waals surface area contributed by atoms with E-state index < -0.39 is 45.6 Å². The van der Waals surface area contributed by atoms with Crippen LogP contribution in [0.4, 0.5) is 23.2 Å². The van der Waals surface area contributed by atoms with Crippen molar-refractivity contribution in [3.63, 3.8) is 0 Å². The van der Waals surface area contributed by atoms with E-state index in [2.05, 4.69) is 15.0 Å². The molecule has 12 heteroatoms. The summed E-state index contributed by atoms with van der Waals surface area (Å²) in [6, 6.07) is 11.1. The van der Waals surface area contributed by atoms with Crippen LogP contribution < -0.4 is 15.4 Å². The predicted molar refractivity (Wildman–Crippen MR) is 118 cm³/mol. The monoisotopic (exact) mass is 491 g/mol. The molecule has 0 aliphatic carbocycles. The number of phenols is 1. The van der Waals surface area contributed by atoms with Crippen molar-refractivity contribution in [3.05, 3.63) is 71.3 Å². The van der Waals surface area contributed by atoms with Gasteiger partial charge in [-0.3, -0.25) is 10.1 Å². The summed E-state index contributed by atoms with van der Waals surface area (Å²) >= 11 is 4.91. The number of anilines is 1. The van der Waals surface area contributed by atoms with Crippen LogP contribution in [0.5, 0.6) is 11.5 Å². The molecule has 0 aliphatic rings. The van der Waals surface area contributed by atoms with Gasteiger partial charge in [-0.2, -0.15) is 8.78 Å². The van der Waals surface area contributed by atoms with Crippen LogP contribution in [0.15, 0.2) is 46.9 Å². The lowest BCUT2D eigenvalue weighted by molar-refractivity contribution is 0.0966. The fourth-order valence-corrected chi connectivity index (χ4v) is 3.31. The van der Waals surface area contributed by atoms with E-state index >= 15 is 0 Å². The normalized spacial score (nSPS) is 10.9. The molecule has 0 radical (unpaired) electrons. The summed E-state index contributed by atoms with van der Waals surface area (Å²) in [4.78, 5) is 16.5. The average molecular weight is 491 g/mol. The number of fused-ring (bicyclic) bond motifs is 1. The van der Waals surface area contributed by atoms with Gasteiger partial charge in [-0.05, 0) is 36.5 Å². The van der Waals surface area contributed by atoms with Crippen LogP contribution in [0, 0.1) is 23.3 Å². The number of halogens is 4. The Balaban J connectivity index is 1.51. The van der Waals surface area contributed by atoms with Crippen molar-refractivity contribution in [3.8, 4) is 23.0 Å². The highest BCUT2D eigenvalue weighted by Gasteiger charge is 2.30. The van der Waals surface area contributed by atoms with Crippen LogP contribution in [-0.4, -0.2) is 28.2 Å². The second-order valence-corrected chi connectivity index (χ2v) is 7.20. The number of aromatic nitrogens is 1. The number of ether oxygens (including phenoxy) is 1. The number of phenolic OH excluding ortho intramolecular Hbond substituents is 1. The number of hydrogen-bond donors (Lipinski definition) is 3.